The molecule has 0 atom stereocenters. The lowest BCUT2D eigenvalue weighted by atomic mass is 9.96. The summed E-state index contributed by atoms with van der Waals surface area (Å²) in [5, 5.41) is 8.79. The maximum Gasteiger partial charge on any atom is 0.227 e. The molecule has 0 saturated carbocycles. The van der Waals surface area contributed by atoms with Gasteiger partial charge in [-0.05, 0) is 31.4 Å². The van der Waals surface area contributed by atoms with Crippen LogP contribution in [0.2, 0.25) is 0 Å². The topological polar surface area (TPSA) is 71.7 Å². The third-order valence-corrected chi connectivity index (χ3v) is 5.93. The molecule has 2 fully saturated rings. The van der Waals surface area contributed by atoms with Crippen LogP contribution in [-0.2, 0) is 11.2 Å². The molecule has 152 valence electrons. The van der Waals surface area contributed by atoms with Crippen LogP contribution in [0.4, 0.5) is 11.8 Å². The predicted molar refractivity (Wildman–Crippen MR) is 112 cm³/mol. The number of morpholine rings is 1. The van der Waals surface area contributed by atoms with Crippen molar-refractivity contribution in [3.63, 3.8) is 0 Å². The van der Waals surface area contributed by atoms with E-state index in [9.17, 15) is 0 Å². The van der Waals surface area contributed by atoms with E-state index in [0.29, 0.717) is 5.92 Å². The molecule has 0 aliphatic carbocycles. The summed E-state index contributed by atoms with van der Waals surface area (Å²) in [6.07, 6.45) is 5.07. The molecular formula is C21H27N7O. The Morgan fingerprint density at radius 3 is 2.62 bits per heavy atom. The molecule has 0 aromatic carbocycles. The maximum atomic E-state index is 5.48. The average molecular weight is 393 g/mol. The van der Waals surface area contributed by atoms with Crippen LogP contribution in [0.5, 0.6) is 0 Å². The van der Waals surface area contributed by atoms with Crippen molar-refractivity contribution in [1.82, 2.24) is 24.6 Å². The van der Waals surface area contributed by atoms with Crippen LogP contribution in [0.3, 0.4) is 0 Å². The van der Waals surface area contributed by atoms with Gasteiger partial charge in [0.1, 0.15) is 11.6 Å². The Morgan fingerprint density at radius 1 is 1.00 bits per heavy atom. The van der Waals surface area contributed by atoms with Crippen LogP contribution in [0.15, 0.2) is 30.5 Å². The molecule has 3 aromatic heterocycles. The van der Waals surface area contributed by atoms with Crippen molar-refractivity contribution in [2.24, 2.45) is 0 Å². The second kappa shape index (κ2) is 7.94. The van der Waals surface area contributed by atoms with Crippen LogP contribution in [0, 0.1) is 0 Å². The first-order valence-electron chi connectivity index (χ1n) is 10.6. The smallest absolute Gasteiger partial charge is 0.227 e. The molecule has 0 N–H and O–H groups in total. The lowest BCUT2D eigenvalue weighted by molar-refractivity contribution is 0.122. The van der Waals surface area contributed by atoms with Gasteiger partial charge in [-0.15, -0.1) is 10.2 Å². The summed E-state index contributed by atoms with van der Waals surface area (Å²) in [5.41, 5.74) is 2.02. The minimum Gasteiger partial charge on any atom is -0.378 e. The fourth-order valence-electron chi connectivity index (χ4n) is 4.22. The number of aromatic nitrogens is 5. The van der Waals surface area contributed by atoms with Gasteiger partial charge in [0.2, 0.25) is 5.95 Å². The van der Waals surface area contributed by atoms with E-state index in [1.807, 2.05) is 18.2 Å². The Balaban J connectivity index is 1.33. The fraction of sp³-hybridized carbons (Fsp3) is 0.524. The second-order valence-electron chi connectivity index (χ2n) is 7.72. The highest BCUT2D eigenvalue weighted by atomic mass is 16.5. The highest BCUT2D eigenvalue weighted by Gasteiger charge is 2.26. The Morgan fingerprint density at radius 2 is 1.83 bits per heavy atom. The Bertz CT molecular complexity index is 974. The number of piperidine rings is 1. The van der Waals surface area contributed by atoms with Gasteiger partial charge < -0.3 is 14.5 Å². The quantitative estimate of drug-likeness (QED) is 0.673. The summed E-state index contributed by atoms with van der Waals surface area (Å²) in [6, 6.07) is 8.20. The van der Waals surface area contributed by atoms with Gasteiger partial charge >= 0.3 is 0 Å². The van der Waals surface area contributed by atoms with E-state index in [-0.39, 0.29) is 0 Å². The molecule has 2 saturated heterocycles. The largest absolute Gasteiger partial charge is 0.378 e. The molecule has 2 aliphatic rings. The summed E-state index contributed by atoms with van der Waals surface area (Å²) >= 11 is 0. The molecule has 3 aromatic rings. The Hall–Kier alpha value is -2.74. The van der Waals surface area contributed by atoms with E-state index >= 15 is 0 Å². The van der Waals surface area contributed by atoms with Crippen molar-refractivity contribution < 1.29 is 4.74 Å². The number of nitrogens with zero attached hydrogens (tertiary/aromatic N) is 7. The van der Waals surface area contributed by atoms with Gasteiger partial charge in [0.15, 0.2) is 5.65 Å². The van der Waals surface area contributed by atoms with E-state index < -0.39 is 0 Å². The van der Waals surface area contributed by atoms with Crippen LogP contribution < -0.4 is 9.80 Å². The number of fused-ring (bicyclic) bond motifs is 1. The fourth-order valence-corrected chi connectivity index (χ4v) is 4.22. The van der Waals surface area contributed by atoms with Crippen molar-refractivity contribution in [2.75, 3.05) is 49.2 Å². The van der Waals surface area contributed by atoms with Gasteiger partial charge in [0, 0.05) is 50.1 Å². The summed E-state index contributed by atoms with van der Waals surface area (Å²) in [6.45, 7) is 7.28. The van der Waals surface area contributed by atoms with Crippen LogP contribution >= 0.6 is 0 Å². The molecule has 2 aliphatic heterocycles. The van der Waals surface area contributed by atoms with Crippen LogP contribution in [0.1, 0.15) is 37.2 Å². The molecule has 5 rings (SSSR count). The molecule has 5 heterocycles. The number of aryl methyl sites for hydroxylation is 1. The predicted octanol–water partition coefficient (Wildman–Crippen LogP) is 2.30. The van der Waals surface area contributed by atoms with Gasteiger partial charge in [-0.1, -0.05) is 13.0 Å². The number of hydrogen-bond donors (Lipinski definition) is 0. The van der Waals surface area contributed by atoms with Gasteiger partial charge in [0.25, 0.3) is 0 Å². The molecule has 0 spiro atoms. The first-order chi connectivity index (χ1) is 14.3. The van der Waals surface area contributed by atoms with Gasteiger partial charge in [-0.2, -0.15) is 4.98 Å². The lowest BCUT2D eigenvalue weighted by Gasteiger charge is -2.33. The van der Waals surface area contributed by atoms with Crippen molar-refractivity contribution in [3.05, 3.63) is 42.0 Å². The molecular weight excluding hydrogens is 366 g/mol. The molecule has 0 bridgehead atoms. The number of rotatable bonds is 4. The zero-order valence-corrected chi connectivity index (χ0v) is 16.9. The van der Waals surface area contributed by atoms with Crippen molar-refractivity contribution in [2.45, 2.75) is 32.1 Å². The molecule has 8 heteroatoms. The number of anilines is 2. The molecule has 0 amide bonds. The summed E-state index contributed by atoms with van der Waals surface area (Å²) in [5.74, 6) is 3.39. The second-order valence-corrected chi connectivity index (χ2v) is 7.72. The average Bonchev–Trinajstić information content (AvgIpc) is 3.24. The van der Waals surface area contributed by atoms with E-state index in [0.717, 1.165) is 87.6 Å². The minimum absolute atomic E-state index is 0.426. The Kier molecular flexibility index (Phi) is 5.01. The standard InChI is InChI=1S/C21H27N7O/c1-2-17-15-19(23-21(22-17)27-11-13-29-14-12-27)26-9-6-16(7-10-26)20-25-24-18-5-3-4-8-28(18)20/h3-5,8,15-16H,2,6-7,9-14H2,1H3. The van der Waals surface area contributed by atoms with E-state index in [2.05, 4.69) is 43.6 Å². The highest BCUT2D eigenvalue weighted by Crippen LogP contribution is 2.30. The van der Waals surface area contributed by atoms with Crippen LogP contribution in [0.25, 0.3) is 5.65 Å². The van der Waals surface area contributed by atoms with Crippen LogP contribution in [-0.4, -0.2) is 64.0 Å². The lowest BCUT2D eigenvalue weighted by Crippen LogP contribution is -2.38. The summed E-state index contributed by atoms with van der Waals surface area (Å²) < 4.78 is 7.60. The summed E-state index contributed by atoms with van der Waals surface area (Å²) in [4.78, 5) is 14.3. The van der Waals surface area contributed by atoms with Gasteiger partial charge in [0.05, 0.1) is 13.2 Å². The number of hydrogen-bond acceptors (Lipinski definition) is 7. The molecule has 0 radical (unpaired) electrons. The van der Waals surface area contributed by atoms with E-state index in [1.165, 1.54) is 0 Å². The number of ether oxygens (including phenoxy) is 1. The molecule has 8 nitrogen and oxygen atoms in total. The van der Waals surface area contributed by atoms with Crippen molar-refractivity contribution >= 4 is 17.4 Å². The third-order valence-electron chi connectivity index (χ3n) is 5.93. The monoisotopic (exact) mass is 393 g/mol. The van der Waals surface area contributed by atoms with Crippen molar-refractivity contribution in [1.29, 1.82) is 0 Å². The first kappa shape index (κ1) is 18.3. The SMILES string of the molecule is CCc1cc(N2CCC(c3nnc4ccccn34)CC2)nc(N2CCOCC2)n1. The number of pyridine rings is 1. The normalized spacial score (nSPS) is 18.5. The first-order valence-corrected chi connectivity index (χ1v) is 10.6. The highest BCUT2D eigenvalue weighted by molar-refractivity contribution is 5.47. The van der Waals surface area contributed by atoms with Gasteiger partial charge in [-0.25, -0.2) is 4.98 Å². The third kappa shape index (κ3) is 3.64. The van der Waals surface area contributed by atoms with Crippen molar-refractivity contribution in [3.8, 4) is 0 Å². The zero-order valence-electron chi connectivity index (χ0n) is 16.9. The van der Waals surface area contributed by atoms with E-state index in [4.69, 9.17) is 14.7 Å². The van der Waals surface area contributed by atoms with Gasteiger partial charge in [-0.3, -0.25) is 4.40 Å². The molecule has 0 unspecified atom stereocenters. The Labute approximate surface area is 170 Å². The summed E-state index contributed by atoms with van der Waals surface area (Å²) in [7, 11) is 0. The zero-order chi connectivity index (χ0) is 19.6. The molecule has 29 heavy (non-hydrogen) atoms. The van der Waals surface area contributed by atoms with E-state index in [1.54, 1.807) is 0 Å². The minimum atomic E-state index is 0.426. The maximum absolute atomic E-state index is 5.48.